The second-order valence-electron chi connectivity index (χ2n) is 15.1. The lowest BCUT2D eigenvalue weighted by molar-refractivity contribution is -0.135. The van der Waals surface area contributed by atoms with Crippen molar-refractivity contribution in [2.24, 2.45) is 13.0 Å². The van der Waals surface area contributed by atoms with Gasteiger partial charge in [0, 0.05) is 82.8 Å². The highest BCUT2D eigenvalue weighted by Crippen LogP contribution is 2.33. The van der Waals surface area contributed by atoms with Gasteiger partial charge in [0.2, 0.25) is 11.8 Å². The number of anilines is 4. The molecular weight excluding hydrogens is 697 g/mol. The van der Waals surface area contributed by atoms with Gasteiger partial charge in [0.1, 0.15) is 11.8 Å². The Kier molecular flexibility index (Phi) is 9.91. The quantitative estimate of drug-likeness (QED) is 0.189. The van der Waals surface area contributed by atoms with Crippen molar-refractivity contribution < 1.29 is 14.7 Å². The van der Waals surface area contributed by atoms with Crippen molar-refractivity contribution in [3.05, 3.63) is 88.8 Å². The number of piperazine rings is 1. The zero-order chi connectivity index (χ0) is 38.2. The molecule has 14 heteroatoms. The van der Waals surface area contributed by atoms with Crippen LogP contribution in [0.15, 0.2) is 77.6 Å². The third-order valence-electron chi connectivity index (χ3n) is 11.5. The first-order valence-electron chi connectivity index (χ1n) is 19.1. The van der Waals surface area contributed by atoms with E-state index in [0.29, 0.717) is 34.9 Å². The van der Waals surface area contributed by atoms with Gasteiger partial charge in [0.15, 0.2) is 5.82 Å². The van der Waals surface area contributed by atoms with Gasteiger partial charge in [0.05, 0.1) is 22.4 Å². The maximum Gasteiger partial charge on any atom is 0.329 e. The van der Waals surface area contributed by atoms with Crippen LogP contribution < -0.4 is 31.4 Å². The molecule has 3 aromatic carbocycles. The van der Waals surface area contributed by atoms with Crippen molar-refractivity contribution >= 4 is 45.7 Å². The third kappa shape index (κ3) is 7.33. The molecule has 0 radical (unpaired) electrons. The zero-order valence-corrected chi connectivity index (χ0v) is 31.4. The number of amides is 2. The summed E-state index contributed by atoms with van der Waals surface area (Å²) in [7, 11) is 3.94. The number of nitrogens with two attached hydrogens (primary N) is 1. The number of nitrogens with one attached hydrogen (secondary N) is 1. The Morgan fingerprint density at radius 1 is 0.818 bits per heavy atom. The van der Waals surface area contributed by atoms with Crippen LogP contribution in [0, 0.1) is 5.92 Å². The molecule has 286 valence electrons. The molecule has 3 saturated heterocycles. The smallest absolute Gasteiger partial charge is 0.329 e. The number of hydrogen-bond acceptors (Lipinski definition) is 11. The first-order chi connectivity index (χ1) is 26.6. The first kappa shape index (κ1) is 36.1. The SMILES string of the molecule is CN(Cc1ccc(N2CCN(c3cc(-c4ccccc4O)nnc3N)CC2)cc1)CC1CCN(c2ccc3c(c2)n(C)c(=O)n3C2CCC(=O)NC2=O)CC1. The molecule has 4 N–H and O–H groups in total. The summed E-state index contributed by atoms with van der Waals surface area (Å²) in [5, 5.41) is 21.1. The number of aromatic hydroxyl groups is 1. The van der Waals surface area contributed by atoms with Gasteiger partial charge in [-0.25, -0.2) is 4.79 Å². The Labute approximate surface area is 319 Å². The Bertz CT molecular complexity index is 2270. The molecule has 1 unspecified atom stereocenters. The van der Waals surface area contributed by atoms with Gasteiger partial charge in [-0.1, -0.05) is 24.3 Å². The number of phenols is 1. The average molecular weight is 745 g/mol. The summed E-state index contributed by atoms with van der Waals surface area (Å²) in [4.78, 5) is 46.9. The lowest BCUT2D eigenvalue weighted by Gasteiger charge is -2.37. The number of fused-ring (bicyclic) bond motifs is 1. The molecule has 3 fully saturated rings. The number of nitrogens with zero attached hydrogens (tertiary/aromatic N) is 8. The molecular formula is C41H48N10O4. The van der Waals surface area contributed by atoms with Crippen LogP contribution in [-0.4, -0.2) is 94.0 Å². The number of para-hydroxylation sites is 1. The highest BCUT2D eigenvalue weighted by atomic mass is 16.3. The summed E-state index contributed by atoms with van der Waals surface area (Å²) in [5.74, 6) is 0.436. The number of nitrogen functional groups attached to an aromatic ring is 1. The summed E-state index contributed by atoms with van der Waals surface area (Å²) in [5.41, 5.74) is 13.2. The van der Waals surface area contributed by atoms with Crippen molar-refractivity contribution in [3.63, 3.8) is 0 Å². The molecule has 1 atom stereocenters. The number of aryl methyl sites for hydroxylation is 1. The number of piperidine rings is 2. The molecule has 14 nitrogen and oxygen atoms in total. The molecule has 2 aromatic heterocycles. The van der Waals surface area contributed by atoms with Crippen LogP contribution in [0.3, 0.4) is 0 Å². The van der Waals surface area contributed by atoms with Gasteiger partial charge in [-0.05, 0) is 86.3 Å². The van der Waals surface area contributed by atoms with E-state index in [1.54, 1.807) is 23.7 Å². The van der Waals surface area contributed by atoms with E-state index in [9.17, 15) is 19.5 Å². The van der Waals surface area contributed by atoms with E-state index in [1.807, 2.05) is 30.3 Å². The standard InChI is InChI=1S/C41H48N10O4/c1-46(26-28-15-17-48(18-16-28)30-11-12-33-35(23-30)47(2)41(55)51(33)34-13-14-38(53)43-40(34)54)25-27-7-9-29(10-8-27)49-19-21-50(22-20-49)36-24-32(44-45-39(36)42)31-5-3-4-6-37(31)52/h3-12,23-24,28,34,52H,13-22,25-26H2,1-2H3,(H2,42,45)(H,43,53,54). The number of imidazole rings is 1. The van der Waals surface area contributed by atoms with Crippen LogP contribution in [0.4, 0.5) is 22.9 Å². The van der Waals surface area contributed by atoms with E-state index >= 15 is 0 Å². The normalized spacial score (nSPS) is 18.4. The van der Waals surface area contributed by atoms with Gasteiger partial charge in [-0.3, -0.25) is 24.0 Å². The second-order valence-corrected chi connectivity index (χ2v) is 15.1. The minimum atomic E-state index is -0.683. The number of imide groups is 1. The molecule has 2 amide bonds. The van der Waals surface area contributed by atoms with Crippen molar-refractivity contribution in [2.75, 3.05) is 73.3 Å². The predicted molar refractivity (Wildman–Crippen MR) is 214 cm³/mol. The van der Waals surface area contributed by atoms with E-state index in [4.69, 9.17) is 5.73 Å². The van der Waals surface area contributed by atoms with Gasteiger partial charge < -0.3 is 30.4 Å². The molecule has 0 saturated carbocycles. The molecule has 0 bridgehead atoms. The summed E-state index contributed by atoms with van der Waals surface area (Å²) in [6.07, 6.45) is 2.72. The highest BCUT2D eigenvalue weighted by molar-refractivity contribution is 6.00. The van der Waals surface area contributed by atoms with Crippen molar-refractivity contribution in [3.8, 4) is 17.0 Å². The Balaban J connectivity index is 0.821. The van der Waals surface area contributed by atoms with Crippen LogP contribution in [0.2, 0.25) is 0 Å². The van der Waals surface area contributed by atoms with E-state index in [0.717, 1.165) is 82.1 Å². The topological polar surface area (TPSA) is 158 Å². The monoisotopic (exact) mass is 744 g/mol. The van der Waals surface area contributed by atoms with Gasteiger partial charge in [0.25, 0.3) is 0 Å². The molecule has 8 rings (SSSR count). The molecule has 0 aliphatic carbocycles. The number of phenolic OH excluding ortho intramolecular Hbond substituents is 1. The average Bonchev–Trinajstić information content (AvgIpc) is 3.44. The van der Waals surface area contributed by atoms with E-state index in [-0.39, 0.29) is 23.8 Å². The zero-order valence-electron chi connectivity index (χ0n) is 31.4. The summed E-state index contributed by atoms with van der Waals surface area (Å²) in [6.45, 7) is 7.10. The molecule has 3 aliphatic heterocycles. The minimum Gasteiger partial charge on any atom is -0.507 e. The number of rotatable bonds is 9. The lowest BCUT2D eigenvalue weighted by atomic mass is 9.95. The summed E-state index contributed by atoms with van der Waals surface area (Å²) >= 11 is 0. The number of benzene rings is 3. The molecule has 5 heterocycles. The maximum atomic E-state index is 13.2. The summed E-state index contributed by atoms with van der Waals surface area (Å²) < 4.78 is 3.14. The lowest BCUT2D eigenvalue weighted by Crippen LogP contribution is -2.46. The number of carbonyl (C=O) groups excluding carboxylic acids is 2. The maximum absolute atomic E-state index is 13.2. The Morgan fingerprint density at radius 2 is 1.51 bits per heavy atom. The molecule has 55 heavy (non-hydrogen) atoms. The Hall–Kier alpha value is -5.89. The van der Waals surface area contributed by atoms with Crippen LogP contribution in [0.25, 0.3) is 22.3 Å². The second kappa shape index (κ2) is 15.1. The van der Waals surface area contributed by atoms with Gasteiger partial charge in [-0.2, -0.15) is 0 Å². The van der Waals surface area contributed by atoms with Crippen LogP contribution in [0.5, 0.6) is 5.75 Å². The molecule has 5 aromatic rings. The van der Waals surface area contributed by atoms with E-state index < -0.39 is 11.9 Å². The number of carbonyl (C=O) groups is 2. The third-order valence-corrected chi connectivity index (χ3v) is 11.5. The minimum absolute atomic E-state index is 0.165. The largest absolute Gasteiger partial charge is 0.507 e. The summed E-state index contributed by atoms with van der Waals surface area (Å²) in [6, 6.07) is 23.3. The van der Waals surface area contributed by atoms with Crippen molar-refractivity contribution in [1.82, 2.24) is 29.5 Å². The number of aromatic nitrogens is 4. The van der Waals surface area contributed by atoms with E-state index in [2.05, 4.69) is 72.5 Å². The van der Waals surface area contributed by atoms with Crippen LogP contribution >= 0.6 is 0 Å². The van der Waals surface area contributed by atoms with Gasteiger partial charge in [-0.15, -0.1) is 10.2 Å². The Morgan fingerprint density at radius 3 is 2.24 bits per heavy atom. The fourth-order valence-corrected chi connectivity index (χ4v) is 8.45. The number of hydrogen-bond donors (Lipinski definition) is 3. The molecule has 0 spiro atoms. The fourth-order valence-electron chi connectivity index (χ4n) is 8.45. The first-order valence-corrected chi connectivity index (χ1v) is 19.1. The fraction of sp³-hybridized carbons (Fsp3) is 0.390. The van der Waals surface area contributed by atoms with Gasteiger partial charge >= 0.3 is 5.69 Å². The van der Waals surface area contributed by atoms with Crippen LogP contribution in [0.1, 0.15) is 37.3 Å². The highest BCUT2D eigenvalue weighted by Gasteiger charge is 2.32. The van der Waals surface area contributed by atoms with Crippen LogP contribution in [-0.2, 0) is 23.2 Å². The van der Waals surface area contributed by atoms with Crippen molar-refractivity contribution in [2.45, 2.75) is 38.3 Å². The molecule has 3 aliphatic rings. The van der Waals surface area contributed by atoms with Crippen molar-refractivity contribution in [1.29, 1.82) is 0 Å². The van der Waals surface area contributed by atoms with E-state index in [1.165, 1.54) is 15.8 Å². The predicted octanol–water partition coefficient (Wildman–Crippen LogP) is 3.74.